The van der Waals surface area contributed by atoms with Crippen molar-refractivity contribution in [2.75, 3.05) is 0 Å². The van der Waals surface area contributed by atoms with Crippen LogP contribution in [0.1, 0.15) is 30.5 Å². The highest BCUT2D eigenvalue weighted by Crippen LogP contribution is 2.17. The average Bonchev–Trinajstić information content (AvgIpc) is 2.48. The van der Waals surface area contributed by atoms with E-state index in [1.54, 1.807) is 0 Å². The molecule has 0 aliphatic heterocycles. The van der Waals surface area contributed by atoms with Crippen LogP contribution in [0.4, 0.5) is 0 Å². The molecule has 20 heavy (non-hydrogen) atoms. The summed E-state index contributed by atoms with van der Waals surface area (Å²) in [6, 6.07) is 17.1. The molecule has 0 radical (unpaired) electrons. The van der Waals surface area contributed by atoms with Crippen LogP contribution < -0.4 is 5.32 Å². The molecule has 0 saturated carbocycles. The largest absolute Gasteiger partial charge is 0.310 e. The average molecular weight is 288 g/mol. The summed E-state index contributed by atoms with van der Waals surface area (Å²) in [4.78, 5) is 0. The molecule has 0 bridgehead atoms. The van der Waals surface area contributed by atoms with Gasteiger partial charge in [0.2, 0.25) is 0 Å². The zero-order valence-electron chi connectivity index (χ0n) is 12.2. The Morgan fingerprint density at radius 2 is 1.55 bits per heavy atom. The molecule has 0 fully saturated rings. The Bertz CT molecular complexity index is 551. The minimum absolute atomic E-state index is 0.403. The number of halogens is 1. The fourth-order valence-corrected chi connectivity index (χ4v) is 2.64. The summed E-state index contributed by atoms with van der Waals surface area (Å²) in [6.07, 6.45) is 2.03. The van der Waals surface area contributed by atoms with Crippen LogP contribution in [0, 0.1) is 0 Å². The van der Waals surface area contributed by atoms with Crippen molar-refractivity contribution in [3.8, 4) is 0 Å². The van der Waals surface area contributed by atoms with E-state index in [1.165, 1.54) is 16.7 Å². The first-order valence-corrected chi connectivity index (χ1v) is 7.62. The molecule has 0 aliphatic rings. The van der Waals surface area contributed by atoms with Crippen molar-refractivity contribution in [1.82, 2.24) is 5.32 Å². The lowest BCUT2D eigenvalue weighted by Gasteiger charge is -2.16. The van der Waals surface area contributed by atoms with Gasteiger partial charge < -0.3 is 5.32 Å². The molecule has 1 N–H and O–H groups in total. The van der Waals surface area contributed by atoms with Gasteiger partial charge in [0.05, 0.1) is 0 Å². The van der Waals surface area contributed by atoms with Gasteiger partial charge in [0.15, 0.2) is 0 Å². The molecule has 2 rings (SSSR count). The molecule has 1 atom stereocenters. The first kappa shape index (κ1) is 15.1. The molecular weight excluding hydrogens is 266 g/mol. The summed E-state index contributed by atoms with van der Waals surface area (Å²) in [6.45, 7) is 5.32. The second-order valence-corrected chi connectivity index (χ2v) is 5.61. The topological polar surface area (TPSA) is 12.0 Å². The summed E-state index contributed by atoms with van der Waals surface area (Å²) >= 11 is 6.21. The van der Waals surface area contributed by atoms with E-state index in [2.05, 4.69) is 49.5 Å². The van der Waals surface area contributed by atoms with Crippen LogP contribution in [0.3, 0.4) is 0 Å². The van der Waals surface area contributed by atoms with E-state index >= 15 is 0 Å². The third-order valence-corrected chi connectivity index (χ3v) is 3.99. The van der Waals surface area contributed by atoms with Gasteiger partial charge in [-0.1, -0.05) is 61.0 Å². The van der Waals surface area contributed by atoms with E-state index in [0.717, 1.165) is 24.4 Å². The van der Waals surface area contributed by atoms with Gasteiger partial charge in [-0.25, -0.2) is 0 Å². The predicted molar refractivity (Wildman–Crippen MR) is 87.3 cm³/mol. The zero-order chi connectivity index (χ0) is 14.4. The maximum absolute atomic E-state index is 6.21. The van der Waals surface area contributed by atoms with Gasteiger partial charge >= 0.3 is 0 Å². The smallest absolute Gasteiger partial charge is 0.0438 e. The van der Waals surface area contributed by atoms with E-state index in [1.807, 2.05) is 18.2 Å². The molecule has 0 spiro atoms. The third-order valence-electron chi connectivity index (χ3n) is 3.62. The van der Waals surface area contributed by atoms with Crippen molar-refractivity contribution in [1.29, 1.82) is 0 Å². The van der Waals surface area contributed by atoms with Crippen LogP contribution in [-0.4, -0.2) is 6.04 Å². The summed E-state index contributed by atoms with van der Waals surface area (Å²) in [7, 11) is 0. The standard InChI is InChI=1S/C18H22ClN/c1-3-15-8-4-5-10-17(15)13-20-14(2)12-16-9-6-7-11-18(16)19/h4-11,14,20H,3,12-13H2,1-2H3. The quantitative estimate of drug-likeness (QED) is 0.817. The second kappa shape index (κ2) is 7.47. The highest BCUT2D eigenvalue weighted by atomic mass is 35.5. The molecule has 2 heteroatoms. The monoisotopic (exact) mass is 287 g/mol. The Morgan fingerprint density at radius 1 is 0.950 bits per heavy atom. The SMILES string of the molecule is CCc1ccccc1CNC(C)Cc1ccccc1Cl. The van der Waals surface area contributed by atoms with Crippen molar-refractivity contribution < 1.29 is 0 Å². The van der Waals surface area contributed by atoms with Crippen LogP contribution in [0.5, 0.6) is 0 Å². The summed E-state index contributed by atoms with van der Waals surface area (Å²) in [5, 5.41) is 4.45. The lowest BCUT2D eigenvalue weighted by molar-refractivity contribution is 0.544. The predicted octanol–water partition coefficient (Wildman–Crippen LogP) is 4.62. The Hall–Kier alpha value is -1.31. The second-order valence-electron chi connectivity index (χ2n) is 5.20. The lowest BCUT2D eigenvalue weighted by Crippen LogP contribution is -2.28. The molecular formula is C18H22ClN. The highest BCUT2D eigenvalue weighted by molar-refractivity contribution is 6.31. The highest BCUT2D eigenvalue weighted by Gasteiger charge is 2.07. The van der Waals surface area contributed by atoms with Crippen LogP contribution in [-0.2, 0) is 19.4 Å². The van der Waals surface area contributed by atoms with Gasteiger partial charge in [0.1, 0.15) is 0 Å². The van der Waals surface area contributed by atoms with Gasteiger partial charge in [-0.3, -0.25) is 0 Å². The summed E-state index contributed by atoms with van der Waals surface area (Å²) < 4.78 is 0. The normalized spacial score (nSPS) is 12.3. The van der Waals surface area contributed by atoms with E-state index in [4.69, 9.17) is 11.6 Å². The molecule has 2 aromatic rings. The van der Waals surface area contributed by atoms with Crippen molar-refractivity contribution in [2.45, 2.75) is 39.3 Å². The number of hydrogen-bond acceptors (Lipinski definition) is 1. The van der Waals surface area contributed by atoms with Gasteiger partial charge in [0, 0.05) is 17.6 Å². The molecule has 0 aromatic heterocycles. The number of hydrogen-bond donors (Lipinski definition) is 1. The fraction of sp³-hybridized carbons (Fsp3) is 0.333. The minimum atomic E-state index is 0.403. The maximum atomic E-state index is 6.21. The van der Waals surface area contributed by atoms with Crippen LogP contribution in [0.25, 0.3) is 0 Å². The van der Waals surface area contributed by atoms with E-state index in [0.29, 0.717) is 6.04 Å². The van der Waals surface area contributed by atoms with Crippen molar-refractivity contribution in [2.24, 2.45) is 0 Å². The number of nitrogens with one attached hydrogen (secondary N) is 1. The van der Waals surface area contributed by atoms with Crippen LogP contribution in [0.15, 0.2) is 48.5 Å². The Labute approximate surface area is 127 Å². The number of rotatable bonds is 6. The Kier molecular flexibility index (Phi) is 5.63. The van der Waals surface area contributed by atoms with Gasteiger partial charge in [0.25, 0.3) is 0 Å². The van der Waals surface area contributed by atoms with Gasteiger partial charge in [-0.15, -0.1) is 0 Å². The third kappa shape index (κ3) is 4.09. The number of aryl methyl sites for hydroxylation is 1. The summed E-state index contributed by atoms with van der Waals surface area (Å²) in [5.41, 5.74) is 4.02. The van der Waals surface area contributed by atoms with Crippen LogP contribution >= 0.6 is 11.6 Å². The molecule has 106 valence electrons. The zero-order valence-corrected chi connectivity index (χ0v) is 13.0. The van der Waals surface area contributed by atoms with E-state index in [-0.39, 0.29) is 0 Å². The molecule has 0 amide bonds. The van der Waals surface area contributed by atoms with Crippen molar-refractivity contribution in [3.63, 3.8) is 0 Å². The minimum Gasteiger partial charge on any atom is -0.310 e. The lowest BCUT2D eigenvalue weighted by atomic mass is 10.0. The molecule has 2 aromatic carbocycles. The molecule has 0 heterocycles. The van der Waals surface area contributed by atoms with Gasteiger partial charge in [-0.05, 0) is 42.5 Å². The van der Waals surface area contributed by atoms with E-state index < -0.39 is 0 Å². The first-order chi connectivity index (χ1) is 9.70. The molecule has 0 saturated heterocycles. The first-order valence-electron chi connectivity index (χ1n) is 7.24. The van der Waals surface area contributed by atoms with Crippen molar-refractivity contribution >= 4 is 11.6 Å². The van der Waals surface area contributed by atoms with Crippen LogP contribution in [0.2, 0.25) is 5.02 Å². The summed E-state index contributed by atoms with van der Waals surface area (Å²) in [5.74, 6) is 0. The number of benzene rings is 2. The molecule has 0 aliphatic carbocycles. The molecule has 1 nitrogen and oxygen atoms in total. The fourth-order valence-electron chi connectivity index (χ4n) is 2.43. The van der Waals surface area contributed by atoms with E-state index in [9.17, 15) is 0 Å². The van der Waals surface area contributed by atoms with Gasteiger partial charge in [-0.2, -0.15) is 0 Å². The molecule has 1 unspecified atom stereocenters. The Balaban J connectivity index is 1.92. The maximum Gasteiger partial charge on any atom is 0.0438 e. The Morgan fingerprint density at radius 3 is 2.20 bits per heavy atom. The van der Waals surface area contributed by atoms with Crippen molar-refractivity contribution in [3.05, 3.63) is 70.2 Å².